The number of nitrogens with zero attached hydrogens (tertiary/aromatic N) is 1. The Morgan fingerprint density at radius 2 is 1.59 bits per heavy atom. The van der Waals surface area contributed by atoms with Gasteiger partial charge in [0.2, 0.25) is 11.8 Å². The number of anilines is 1. The molecule has 3 nitrogen and oxygen atoms in total. The van der Waals surface area contributed by atoms with Crippen LogP contribution in [0.4, 0.5) is 10.1 Å². The van der Waals surface area contributed by atoms with E-state index in [0.29, 0.717) is 34.9 Å². The van der Waals surface area contributed by atoms with Crippen molar-refractivity contribution >= 4 is 17.5 Å². The van der Waals surface area contributed by atoms with Gasteiger partial charge in [-0.15, -0.1) is 0 Å². The quantitative estimate of drug-likeness (QED) is 0.748. The molecule has 4 heteroatoms. The summed E-state index contributed by atoms with van der Waals surface area (Å²) in [5.41, 5.74) is 1.01. The van der Waals surface area contributed by atoms with Crippen molar-refractivity contribution in [2.45, 2.75) is 26.2 Å². The van der Waals surface area contributed by atoms with E-state index in [-0.39, 0.29) is 29.5 Å². The molecule has 2 amide bonds. The normalized spacial score (nSPS) is 41.6. The maximum absolute atomic E-state index is 13.5. The summed E-state index contributed by atoms with van der Waals surface area (Å²) in [4.78, 5) is 27.2. The van der Waals surface area contributed by atoms with Crippen LogP contribution in [0.15, 0.2) is 18.2 Å². The molecule has 4 aliphatic carbocycles. The molecule has 22 heavy (non-hydrogen) atoms. The maximum atomic E-state index is 13.5. The van der Waals surface area contributed by atoms with Gasteiger partial charge >= 0.3 is 0 Å². The van der Waals surface area contributed by atoms with Gasteiger partial charge in [-0.1, -0.05) is 0 Å². The number of fused-ring (bicyclic) bond motifs is 1. The van der Waals surface area contributed by atoms with Gasteiger partial charge in [0.25, 0.3) is 0 Å². The van der Waals surface area contributed by atoms with Crippen molar-refractivity contribution in [2.75, 3.05) is 4.90 Å². The van der Waals surface area contributed by atoms with E-state index in [1.54, 1.807) is 19.1 Å². The highest BCUT2D eigenvalue weighted by molar-refractivity contribution is 6.22. The van der Waals surface area contributed by atoms with E-state index in [2.05, 4.69) is 0 Å². The number of rotatable bonds is 1. The average molecular weight is 299 g/mol. The van der Waals surface area contributed by atoms with E-state index in [0.717, 1.165) is 12.8 Å². The number of hydrogen-bond donors (Lipinski definition) is 0. The van der Waals surface area contributed by atoms with Gasteiger partial charge in [0.15, 0.2) is 0 Å². The van der Waals surface area contributed by atoms with Crippen LogP contribution in [0, 0.1) is 48.2 Å². The van der Waals surface area contributed by atoms with Crippen LogP contribution in [0.5, 0.6) is 0 Å². The average Bonchev–Trinajstić information content (AvgIpc) is 3.28. The molecule has 5 fully saturated rings. The van der Waals surface area contributed by atoms with Crippen molar-refractivity contribution in [3.63, 3.8) is 0 Å². The summed E-state index contributed by atoms with van der Waals surface area (Å²) in [6, 6.07) is 4.52. The highest BCUT2D eigenvalue weighted by atomic mass is 19.1. The third kappa shape index (κ3) is 1.41. The smallest absolute Gasteiger partial charge is 0.237 e. The summed E-state index contributed by atoms with van der Waals surface area (Å²) >= 11 is 0. The topological polar surface area (TPSA) is 37.4 Å². The van der Waals surface area contributed by atoms with E-state index in [1.807, 2.05) is 0 Å². The van der Waals surface area contributed by atoms with Crippen molar-refractivity contribution in [3.05, 3.63) is 29.6 Å². The number of carbonyl (C=O) groups excluding carboxylic acids is 2. The van der Waals surface area contributed by atoms with E-state index in [9.17, 15) is 14.0 Å². The Kier molecular flexibility index (Phi) is 2.31. The van der Waals surface area contributed by atoms with Crippen LogP contribution < -0.4 is 4.90 Å². The summed E-state index contributed by atoms with van der Waals surface area (Å²) < 4.78 is 13.5. The highest BCUT2D eigenvalue weighted by Gasteiger charge is 2.68. The fourth-order valence-corrected chi connectivity index (χ4v) is 5.56. The van der Waals surface area contributed by atoms with Crippen LogP contribution in [0.2, 0.25) is 0 Å². The predicted molar refractivity (Wildman–Crippen MR) is 78.4 cm³/mol. The molecule has 0 spiro atoms. The zero-order valence-electron chi connectivity index (χ0n) is 12.5. The van der Waals surface area contributed by atoms with E-state index >= 15 is 0 Å². The van der Waals surface area contributed by atoms with E-state index in [1.165, 1.54) is 17.4 Å². The van der Waals surface area contributed by atoms with Gasteiger partial charge in [0, 0.05) is 0 Å². The van der Waals surface area contributed by atoms with E-state index in [4.69, 9.17) is 0 Å². The molecule has 0 unspecified atom stereocenters. The third-order valence-corrected chi connectivity index (χ3v) is 6.54. The fraction of sp³-hybridized carbons (Fsp3) is 0.556. The Morgan fingerprint density at radius 3 is 2.14 bits per heavy atom. The van der Waals surface area contributed by atoms with Crippen molar-refractivity contribution in [1.82, 2.24) is 0 Å². The van der Waals surface area contributed by atoms with Gasteiger partial charge in [-0.25, -0.2) is 4.39 Å². The number of halogens is 1. The minimum atomic E-state index is -0.304. The second-order valence-electron chi connectivity index (χ2n) is 7.47. The molecule has 114 valence electrons. The SMILES string of the molecule is Cc1cc(N2C(=O)[C@@H]3[C@@H]4CC[C@@H]([C@H]5C[C@H]54)[C@@H]3C2=O)ccc1F. The number of carbonyl (C=O) groups is 2. The van der Waals surface area contributed by atoms with Gasteiger partial charge in [0.1, 0.15) is 5.82 Å². The first-order valence-corrected chi connectivity index (χ1v) is 8.22. The minimum absolute atomic E-state index is 0.0407. The first-order valence-electron chi connectivity index (χ1n) is 8.22. The summed E-state index contributed by atoms with van der Waals surface area (Å²) in [7, 11) is 0. The molecule has 6 rings (SSSR count). The van der Waals surface area contributed by atoms with E-state index < -0.39 is 0 Å². The zero-order chi connectivity index (χ0) is 15.2. The number of amides is 2. The summed E-state index contributed by atoms with van der Waals surface area (Å²) in [5, 5.41) is 0. The molecule has 6 atom stereocenters. The van der Waals surface area contributed by atoms with Crippen LogP contribution in [-0.4, -0.2) is 11.8 Å². The van der Waals surface area contributed by atoms with Gasteiger partial charge in [-0.2, -0.15) is 0 Å². The number of aryl methyl sites for hydroxylation is 1. The number of hydrogen-bond acceptors (Lipinski definition) is 2. The maximum Gasteiger partial charge on any atom is 0.237 e. The number of imide groups is 1. The fourth-order valence-electron chi connectivity index (χ4n) is 5.56. The molecule has 1 heterocycles. The lowest BCUT2D eigenvalue weighted by molar-refractivity contribution is -0.129. The molecule has 1 aliphatic heterocycles. The molecule has 0 aromatic heterocycles. The molecule has 1 saturated heterocycles. The molecule has 0 N–H and O–H groups in total. The summed E-state index contributed by atoms with van der Waals surface area (Å²) in [6.07, 6.45) is 3.42. The Bertz CT molecular complexity index is 681. The Morgan fingerprint density at radius 1 is 1.00 bits per heavy atom. The van der Waals surface area contributed by atoms with Crippen molar-refractivity contribution in [2.24, 2.45) is 35.5 Å². The Labute approximate surface area is 128 Å². The van der Waals surface area contributed by atoms with Gasteiger partial charge in [0.05, 0.1) is 17.5 Å². The van der Waals surface area contributed by atoms with Crippen molar-refractivity contribution in [1.29, 1.82) is 0 Å². The van der Waals surface area contributed by atoms with Crippen molar-refractivity contribution in [3.8, 4) is 0 Å². The van der Waals surface area contributed by atoms with Crippen LogP contribution in [0.3, 0.4) is 0 Å². The van der Waals surface area contributed by atoms with Crippen molar-refractivity contribution < 1.29 is 14.0 Å². The standard InChI is InChI=1S/C18H18FNO2/c1-8-6-9(2-5-14(8)19)20-17(21)15-10-3-4-11(13-7-12(10)13)16(15)18(20)22/h2,5-6,10-13,15-16H,3-4,7H2,1H3/t10-,11+,12+,13-,15-,16+. The molecular formula is C18H18FNO2. The minimum Gasteiger partial charge on any atom is -0.274 e. The molecule has 4 saturated carbocycles. The predicted octanol–water partition coefficient (Wildman–Crippen LogP) is 2.92. The van der Waals surface area contributed by atoms with Crippen LogP contribution in [0.25, 0.3) is 0 Å². The largest absolute Gasteiger partial charge is 0.274 e. The Balaban J connectivity index is 1.57. The lowest BCUT2D eigenvalue weighted by Gasteiger charge is -2.42. The Hall–Kier alpha value is -1.71. The lowest BCUT2D eigenvalue weighted by Crippen LogP contribution is -2.43. The second-order valence-corrected chi connectivity index (χ2v) is 7.47. The van der Waals surface area contributed by atoms with Crippen LogP contribution in [0.1, 0.15) is 24.8 Å². The van der Waals surface area contributed by atoms with Gasteiger partial charge < -0.3 is 0 Å². The monoisotopic (exact) mass is 299 g/mol. The summed E-state index contributed by atoms with van der Waals surface area (Å²) in [5.74, 6) is 1.58. The zero-order valence-corrected chi connectivity index (χ0v) is 12.5. The first-order chi connectivity index (χ1) is 10.6. The molecule has 2 bridgehead atoms. The molecule has 5 aliphatic rings. The second kappa shape index (κ2) is 3.98. The molecular weight excluding hydrogens is 281 g/mol. The summed E-state index contributed by atoms with van der Waals surface area (Å²) in [6.45, 7) is 1.66. The highest BCUT2D eigenvalue weighted by Crippen LogP contribution is 2.68. The third-order valence-electron chi connectivity index (χ3n) is 6.54. The number of benzene rings is 1. The van der Waals surface area contributed by atoms with Gasteiger partial charge in [-0.05, 0) is 73.6 Å². The first kappa shape index (κ1) is 12.8. The molecule has 1 aromatic carbocycles. The molecule has 0 radical (unpaired) electrons. The lowest BCUT2D eigenvalue weighted by atomic mass is 9.59. The van der Waals surface area contributed by atoms with Crippen LogP contribution in [-0.2, 0) is 9.59 Å². The van der Waals surface area contributed by atoms with Gasteiger partial charge in [-0.3, -0.25) is 14.5 Å². The van der Waals surface area contributed by atoms with Crippen LogP contribution >= 0.6 is 0 Å². The molecule has 1 aromatic rings.